The SMILES string of the molecule is CC1(C)Cc2cccc(Oc3ccccn3)c2O1. The zero-order valence-electron chi connectivity index (χ0n) is 10.5. The van der Waals surface area contributed by atoms with Crippen LogP contribution in [0.15, 0.2) is 42.6 Å². The molecule has 3 rings (SSSR count). The Morgan fingerprint density at radius 2 is 2.06 bits per heavy atom. The smallest absolute Gasteiger partial charge is 0.219 e. The number of rotatable bonds is 2. The summed E-state index contributed by atoms with van der Waals surface area (Å²) in [6.45, 7) is 4.16. The Labute approximate surface area is 106 Å². The van der Waals surface area contributed by atoms with Crippen molar-refractivity contribution in [3.05, 3.63) is 48.2 Å². The molecule has 1 aromatic heterocycles. The van der Waals surface area contributed by atoms with Crippen molar-refractivity contribution in [2.75, 3.05) is 0 Å². The molecule has 2 aromatic rings. The fourth-order valence-electron chi connectivity index (χ4n) is 2.19. The van der Waals surface area contributed by atoms with Crippen LogP contribution in [-0.4, -0.2) is 10.6 Å². The summed E-state index contributed by atoms with van der Waals surface area (Å²) in [5.74, 6) is 2.16. The van der Waals surface area contributed by atoms with Crippen molar-refractivity contribution in [2.24, 2.45) is 0 Å². The van der Waals surface area contributed by atoms with Crippen LogP contribution in [0, 0.1) is 0 Å². The summed E-state index contributed by atoms with van der Waals surface area (Å²) >= 11 is 0. The second-order valence-electron chi connectivity index (χ2n) is 5.05. The lowest BCUT2D eigenvalue weighted by Crippen LogP contribution is -2.24. The summed E-state index contributed by atoms with van der Waals surface area (Å²) in [5, 5.41) is 0. The van der Waals surface area contributed by atoms with Gasteiger partial charge < -0.3 is 9.47 Å². The van der Waals surface area contributed by atoms with Crippen molar-refractivity contribution in [1.82, 2.24) is 4.98 Å². The molecule has 0 saturated heterocycles. The summed E-state index contributed by atoms with van der Waals surface area (Å²) in [6.07, 6.45) is 2.62. The number of hydrogen-bond donors (Lipinski definition) is 0. The molecule has 3 nitrogen and oxygen atoms in total. The second kappa shape index (κ2) is 4.02. The molecule has 0 atom stereocenters. The first kappa shape index (κ1) is 11.1. The molecule has 0 amide bonds. The van der Waals surface area contributed by atoms with Crippen LogP contribution in [0.5, 0.6) is 17.4 Å². The van der Waals surface area contributed by atoms with Gasteiger partial charge in [0.05, 0.1) is 0 Å². The molecular weight excluding hydrogens is 226 g/mol. The molecule has 92 valence electrons. The fourth-order valence-corrected chi connectivity index (χ4v) is 2.19. The van der Waals surface area contributed by atoms with E-state index in [1.807, 2.05) is 30.3 Å². The largest absolute Gasteiger partial charge is 0.483 e. The minimum atomic E-state index is -0.161. The van der Waals surface area contributed by atoms with Crippen LogP contribution in [0.25, 0.3) is 0 Å². The van der Waals surface area contributed by atoms with E-state index in [1.165, 1.54) is 5.56 Å². The normalized spacial score (nSPS) is 15.9. The Balaban J connectivity index is 1.94. The minimum absolute atomic E-state index is 0.161. The van der Waals surface area contributed by atoms with Gasteiger partial charge in [0.2, 0.25) is 5.88 Å². The second-order valence-corrected chi connectivity index (χ2v) is 5.05. The molecule has 1 aromatic carbocycles. The number of benzene rings is 1. The fraction of sp³-hybridized carbons (Fsp3) is 0.267. The summed E-state index contributed by atoms with van der Waals surface area (Å²) in [5.41, 5.74) is 1.03. The van der Waals surface area contributed by atoms with Crippen LogP contribution in [0.4, 0.5) is 0 Å². The first-order chi connectivity index (χ1) is 8.64. The van der Waals surface area contributed by atoms with Crippen molar-refractivity contribution >= 4 is 0 Å². The van der Waals surface area contributed by atoms with Gasteiger partial charge >= 0.3 is 0 Å². The molecule has 2 heterocycles. The third-order valence-electron chi connectivity index (χ3n) is 2.91. The molecule has 0 unspecified atom stereocenters. The highest BCUT2D eigenvalue weighted by molar-refractivity contribution is 5.51. The summed E-state index contributed by atoms with van der Waals surface area (Å²) < 4.78 is 11.7. The van der Waals surface area contributed by atoms with Crippen LogP contribution >= 0.6 is 0 Å². The number of nitrogens with zero attached hydrogens (tertiary/aromatic N) is 1. The summed E-state index contributed by atoms with van der Waals surface area (Å²) in [4.78, 5) is 4.16. The highest BCUT2D eigenvalue weighted by Gasteiger charge is 2.32. The molecular formula is C15H15NO2. The Hall–Kier alpha value is -2.03. The quantitative estimate of drug-likeness (QED) is 0.805. The Morgan fingerprint density at radius 1 is 1.17 bits per heavy atom. The van der Waals surface area contributed by atoms with E-state index in [-0.39, 0.29) is 5.60 Å². The van der Waals surface area contributed by atoms with Gasteiger partial charge in [-0.2, -0.15) is 0 Å². The van der Waals surface area contributed by atoms with Crippen molar-refractivity contribution in [3.8, 4) is 17.4 Å². The number of hydrogen-bond acceptors (Lipinski definition) is 3. The van der Waals surface area contributed by atoms with Gasteiger partial charge in [-0.15, -0.1) is 0 Å². The number of fused-ring (bicyclic) bond motifs is 1. The molecule has 0 bridgehead atoms. The predicted molar refractivity (Wildman–Crippen MR) is 69.2 cm³/mol. The van der Waals surface area contributed by atoms with Gasteiger partial charge in [0.1, 0.15) is 5.60 Å². The van der Waals surface area contributed by atoms with Crippen LogP contribution in [0.2, 0.25) is 0 Å². The molecule has 0 fully saturated rings. The molecule has 18 heavy (non-hydrogen) atoms. The third-order valence-corrected chi connectivity index (χ3v) is 2.91. The Bertz CT molecular complexity index is 564. The van der Waals surface area contributed by atoms with Gasteiger partial charge in [0, 0.05) is 24.2 Å². The molecule has 0 radical (unpaired) electrons. The lowest BCUT2D eigenvalue weighted by atomic mass is 10.0. The number of para-hydroxylation sites is 1. The number of ether oxygens (including phenoxy) is 2. The first-order valence-electron chi connectivity index (χ1n) is 6.04. The maximum absolute atomic E-state index is 5.94. The zero-order valence-corrected chi connectivity index (χ0v) is 10.5. The van der Waals surface area contributed by atoms with Crippen molar-refractivity contribution in [1.29, 1.82) is 0 Å². The lowest BCUT2D eigenvalue weighted by molar-refractivity contribution is 0.135. The van der Waals surface area contributed by atoms with E-state index in [0.717, 1.165) is 17.9 Å². The molecule has 1 aliphatic heterocycles. The zero-order chi connectivity index (χ0) is 12.6. The Morgan fingerprint density at radius 3 is 2.83 bits per heavy atom. The van der Waals surface area contributed by atoms with Gasteiger partial charge in [-0.1, -0.05) is 18.2 Å². The lowest BCUT2D eigenvalue weighted by Gasteiger charge is -2.18. The average molecular weight is 241 g/mol. The predicted octanol–water partition coefficient (Wildman–Crippen LogP) is 3.59. The first-order valence-corrected chi connectivity index (χ1v) is 6.04. The van der Waals surface area contributed by atoms with Crippen LogP contribution < -0.4 is 9.47 Å². The van der Waals surface area contributed by atoms with E-state index in [2.05, 4.69) is 24.9 Å². The van der Waals surface area contributed by atoms with Gasteiger partial charge in [0.15, 0.2) is 11.5 Å². The van der Waals surface area contributed by atoms with Crippen LogP contribution in [0.1, 0.15) is 19.4 Å². The standard InChI is InChI=1S/C15H15NO2/c1-15(2)10-11-6-5-7-12(14(11)18-15)17-13-8-3-4-9-16-13/h3-9H,10H2,1-2H3. The number of pyridine rings is 1. The van der Waals surface area contributed by atoms with Gasteiger partial charge in [-0.25, -0.2) is 4.98 Å². The van der Waals surface area contributed by atoms with Crippen LogP contribution in [-0.2, 0) is 6.42 Å². The van der Waals surface area contributed by atoms with E-state index in [1.54, 1.807) is 6.20 Å². The van der Waals surface area contributed by atoms with Crippen molar-refractivity contribution < 1.29 is 9.47 Å². The van der Waals surface area contributed by atoms with Crippen molar-refractivity contribution in [2.45, 2.75) is 25.9 Å². The number of aromatic nitrogens is 1. The topological polar surface area (TPSA) is 31.4 Å². The maximum Gasteiger partial charge on any atom is 0.219 e. The van der Waals surface area contributed by atoms with Crippen LogP contribution in [0.3, 0.4) is 0 Å². The van der Waals surface area contributed by atoms with E-state index in [0.29, 0.717) is 5.88 Å². The average Bonchev–Trinajstić information content (AvgIpc) is 2.66. The Kier molecular flexibility index (Phi) is 2.47. The van der Waals surface area contributed by atoms with E-state index in [4.69, 9.17) is 9.47 Å². The molecule has 0 saturated carbocycles. The maximum atomic E-state index is 5.94. The van der Waals surface area contributed by atoms with E-state index in [9.17, 15) is 0 Å². The molecule has 1 aliphatic rings. The monoisotopic (exact) mass is 241 g/mol. The highest BCUT2D eigenvalue weighted by Crippen LogP contribution is 2.42. The van der Waals surface area contributed by atoms with E-state index >= 15 is 0 Å². The van der Waals surface area contributed by atoms with Gasteiger partial charge in [-0.05, 0) is 26.0 Å². The van der Waals surface area contributed by atoms with Gasteiger partial charge in [0.25, 0.3) is 0 Å². The van der Waals surface area contributed by atoms with Gasteiger partial charge in [-0.3, -0.25) is 0 Å². The molecule has 3 heteroatoms. The minimum Gasteiger partial charge on any atom is -0.483 e. The summed E-state index contributed by atoms with van der Waals surface area (Å²) in [7, 11) is 0. The molecule has 0 spiro atoms. The highest BCUT2D eigenvalue weighted by atomic mass is 16.5. The summed E-state index contributed by atoms with van der Waals surface area (Å²) in [6, 6.07) is 11.6. The third kappa shape index (κ3) is 2.04. The van der Waals surface area contributed by atoms with E-state index < -0.39 is 0 Å². The molecule has 0 N–H and O–H groups in total. The molecule has 0 aliphatic carbocycles. The van der Waals surface area contributed by atoms with Crippen molar-refractivity contribution in [3.63, 3.8) is 0 Å².